The lowest BCUT2D eigenvalue weighted by atomic mass is 10.0. The normalized spacial score (nSPS) is 17.4. The highest BCUT2D eigenvalue weighted by molar-refractivity contribution is 5.84. The Morgan fingerprint density at radius 2 is 1.86 bits per heavy atom. The van der Waals surface area contributed by atoms with E-state index in [-0.39, 0.29) is 6.10 Å². The second-order valence-electron chi connectivity index (χ2n) is 7.61. The van der Waals surface area contributed by atoms with Crippen molar-refractivity contribution in [3.8, 4) is 11.5 Å². The summed E-state index contributed by atoms with van der Waals surface area (Å²) in [5.74, 6) is 1.81. The Bertz CT molecular complexity index is 1020. The molecule has 29 heavy (non-hydrogen) atoms. The molecule has 0 aliphatic carbocycles. The molecule has 1 aromatic heterocycles. The van der Waals surface area contributed by atoms with Crippen LogP contribution in [0.5, 0.6) is 11.5 Å². The lowest BCUT2D eigenvalue weighted by Gasteiger charge is -2.33. The monoisotopic (exact) mass is 392 g/mol. The van der Waals surface area contributed by atoms with Crippen LogP contribution in [0, 0.1) is 13.8 Å². The molecular formula is C24H28N2O3. The minimum atomic E-state index is 0.0582. The molecule has 0 spiro atoms. The van der Waals surface area contributed by atoms with E-state index in [0.29, 0.717) is 6.61 Å². The van der Waals surface area contributed by atoms with Gasteiger partial charge < -0.3 is 14.2 Å². The van der Waals surface area contributed by atoms with Gasteiger partial charge in [0.2, 0.25) is 0 Å². The number of fused-ring (bicyclic) bond motifs is 1. The predicted molar refractivity (Wildman–Crippen MR) is 115 cm³/mol. The highest BCUT2D eigenvalue weighted by Crippen LogP contribution is 2.29. The van der Waals surface area contributed by atoms with Crippen molar-refractivity contribution in [1.29, 1.82) is 0 Å². The van der Waals surface area contributed by atoms with Crippen molar-refractivity contribution in [1.82, 2.24) is 9.88 Å². The molecule has 0 unspecified atom stereocenters. The van der Waals surface area contributed by atoms with Crippen molar-refractivity contribution >= 4 is 10.8 Å². The number of benzene rings is 2. The maximum atomic E-state index is 6.11. The maximum Gasteiger partial charge on any atom is 0.128 e. The molecule has 0 saturated carbocycles. The van der Waals surface area contributed by atoms with Crippen LogP contribution in [-0.4, -0.2) is 43.8 Å². The number of aromatic nitrogens is 1. The van der Waals surface area contributed by atoms with Crippen LogP contribution >= 0.6 is 0 Å². The molecule has 1 aliphatic heterocycles. The third kappa shape index (κ3) is 4.07. The molecule has 1 aliphatic rings. The van der Waals surface area contributed by atoms with Gasteiger partial charge in [0.1, 0.15) is 11.5 Å². The van der Waals surface area contributed by atoms with E-state index in [2.05, 4.69) is 47.1 Å². The fourth-order valence-corrected chi connectivity index (χ4v) is 4.06. The first-order valence-electron chi connectivity index (χ1n) is 9.99. The van der Waals surface area contributed by atoms with Gasteiger partial charge in [-0.2, -0.15) is 0 Å². The summed E-state index contributed by atoms with van der Waals surface area (Å²) in [6.07, 6.45) is 1.96. The van der Waals surface area contributed by atoms with Crippen LogP contribution in [0.25, 0.3) is 10.8 Å². The SMILES string of the molecule is COc1ccc2cc([C@@H]3CN(Cc4ncc(C)c(OC)c4C)CCO3)ccc2c1. The summed E-state index contributed by atoms with van der Waals surface area (Å²) in [6, 6.07) is 12.7. The van der Waals surface area contributed by atoms with Gasteiger partial charge in [-0.15, -0.1) is 0 Å². The van der Waals surface area contributed by atoms with Crippen LogP contribution in [0.2, 0.25) is 0 Å². The quantitative estimate of drug-likeness (QED) is 0.642. The number of ether oxygens (including phenoxy) is 3. The van der Waals surface area contributed by atoms with E-state index in [1.54, 1.807) is 14.2 Å². The van der Waals surface area contributed by atoms with Crippen LogP contribution in [0.1, 0.15) is 28.5 Å². The van der Waals surface area contributed by atoms with Gasteiger partial charge in [0.25, 0.3) is 0 Å². The van der Waals surface area contributed by atoms with E-state index >= 15 is 0 Å². The molecule has 0 N–H and O–H groups in total. The fraction of sp³-hybridized carbons (Fsp3) is 0.375. The number of methoxy groups -OCH3 is 2. The summed E-state index contributed by atoms with van der Waals surface area (Å²) in [6.45, 7) is 7.38. The molecule has 2 aromatic carbocycles. The molecule has 4 rings (SSSR count). The molecule has 0 radical (unpaired) electrons. The average Bonchev–Trinajstić information content (AvgIpc) is 2.75. The Balaban J connectivity index is 1.52. The standard InChI is InChI=1S/C24H28N2O3/c1-16-13-25-22(17(2)24(16)28-4)14-26-9-10-29-23(15-26)20-6-5-19-12-21(27-3)8-7-18(19)11-20/h5-8,11-13,23H,9-10,14-15H2,1-4H3/t23-/m0/s1. The molecule has 0 amide bonds. The smallest absolute Gasteiger partial charge is 0.128 e. The lowest BCUT2D eigenvalue weighted by molar-refractivity contribution is -0.0333. The van der Waals surface area contributed by atoms with Gasteiger partial charge in [-0.3, -0.25) is 9.88 Å². The molecule has 2 heterocycles. The Morgan fingerprint density at radius 1 is 1.07 bits per heavy atom. The summed E-state index contributed by atoms with van der Waals surface area (Å²) >= 11 is 0. The fourth-order valence-electron chi connectivity index (χ4n) is 4.06. The topological polar surface area (TPSA) is 43.8 Å². The second-order valence-corrected chi connectivity index (χ2v) is 7.61. The van der Waals surface area contributed by atoms with Crippen molar-refractivity contribution in [2.24, 2.45) is 0 Å². The van der Waals surface area contributed by atoms with Crippen molar-refractivity contribution < 1.29 is 14.2 Å². The largest absolute Gasteiger partial charge is 0.497 e. The molecule has 3 aromatic rings. The molecule has 1 atom stereocenters. The lowest BCUT2D eigenvalue weighted by Crippen LogP contribution is -2.38. The number of pyridine rings is 1. The number of aryl methyl sites for hydroxylation is 1. The summed E-state index contributed by atoms with van der Waals surface area (Å²) in [7, 11) is 3.42. The number of morpholine rings is 1. The van der Waals surface area contributed by atoms with E-state index in [1.165, 1.54) is 16.3 Å². The summed E-state index contributed by atoms with van der Waals surface area (Å²) in [5, 5.41) is 2.37. The van der Waals surface area contributed by atoms with Gasteiger partial charge >= 0.3 is 0 Å². The number of rotatable bonds is 5. The van der Waals surface area contributed by atoms with E-state index < -0.39 is 0 Å². The molecule has 152 valence electrons. The Labute approximate surface area is 172 Å². The molecule has 5 nitrogen and oxygen atoms in total. The van der Waals surface area contributed by atoms with E-state index in [0.717, 1.165) is 48.0 Å². The summed E-state index contributed by atoms with van der Waals surface area (Å²) in [5.41, 5.74) is 4.47. The number of hydrogen-bond donors (Lipinski definition) is 0. The van der Waals surface area contributed by atoms with Gasteiger partial charge in [0.15, 0.2) is 0 Å². The van der Waals surface area contributed by atoms with Gasteiger partial charge in [0, 0.05) is 37.0 Å². The first kappa shape index (κ1) is 19.7. The molecule has 5 heteroatoms. The first-order chi connectivity index (χ1) is 14.1. The van der Waals surface area contributed by atoms with Crippen molar-refractivity contribution in [2.75, 3.05) is 33.9 Å². The maximum absolute atomic E-state index is 6.11. The minimum Gasteiger partial charge on any atom is -0.497 e. The zero-order valence-electron chi connectivity index (χ0n) is 17.6. The van der Waals surface area contributed by atoms with E-state index in [1.807, 2.05) is 19.2 Å². The summed E-state index contributed by atoms with van der Waals surface area (Å²) in [4.78, 5) is 7.07. The van der Waals surface area contributed by atoms with E-state index in [4.69, 9.17) is 14.2 Å². The summed E-state index contributed by atoms with van der Waals surface area (Å²) < 4.78 is 17.0. The Morgan fingerprint density at radius 3 is 2.66 bits per heavy atom. The van der Waals surface area contributed by atoms with Gasteiger partial charge in [-0.05, 0) is 48.4 Å². The Hall–Kier alpha value is -2.63. The van der Waals surface area contributed by atoms with Crippen LogP contribution in [0.4, 0.5) is 0 Å². The highest BCUT2D eigenvalue weighted by atomic mass is 16.5. The third-order valence-corrected chi connectivity index (χ3v) is 5.72. The van der Waals surface area contributed by atoms with Crippen molar-refractivity contribution in [3.05, 3.63) is 65.0 Å². The van der Waals surface area contributed by atoms with Crippen molar-refractivity contribution in [2.45, 2.75) is 26.5 Å². The van der Waals surface area contributed by atoms with Gasteiger partial charge in [-0.25, -0.2) is 0 Å². The number of nitrogens with zero attached hydrogens (tertiary/aromatic N) is 2. The first-order valence-corrected chi connectivity index (χ1v) is 9.99. The Kier molecular flexibility index (Phi) is 5.69. The van der Waals surface area contributed by atoms with Crippen molar-refractivity contribution in [3.63, 3.8) is 0 Å². The molecule has 0 bridgehead atoms. The third-order valence-electron chi connectivity index (χ3n) is 5.72. The molecular weight excluding hydrogens is 364 g/mol. The number of hydrogen-bond acceptors (Lipinski definition) is 5. The average molecular weight is 392 g/mol. The zero-order chi connectivity index (χ0) is 20.4. The molecule has 1 fully saturated rings. The van der Waals surface area contributed by atoms with E-state index in [9.17, 15) is 0 Å². The second kappa shape index (κ2) is 8.39. The minimum absolute atomic E-state index is 0.0582. The van der Waals surface area contributed by atoms with Crippen LogP contribution in [-0.2, 0) is 11.3 Å². The van der Waals surface area contributed by atoms with Gasteiger partial charge in [0.05, 0.1) is 32.6 Å². The molecule has 1 saturated heterocycles. The van der Waals surface area contributed by atoms with Crippen LogP contribution in [0.3, 0.4) is 0 Å². The highest BCUT2D eigenvalue weighted by Gasteiger charge is 2.23. The van der Waals surface area contributed by atoms with Gasteiger partial charge in [-0.1, -0.05) is 18.2 Å². The van der Waals surface area contributed by atoms with Crippen LogP contribution in [0.15, 0.2) is 42.6 Å². The van der Waals surface area contributed by atoms with Crippen LogP contribution < -0.4 is 9.47 Å². The predicted octanol–water partition coefficient (Wildman–Crippen LogP) is 4.44. The zero-order valence-corrected chi connectivity index (χ0v) is 17.6.